The molecule has 1 atom stereocenters. The van der Waals surface area contributed by atoms with Crippen molar-refractivity contribution in [3.05, 3.63) is 28.6 Å². The van der Waals surface area contributed by atoms with E-state index in [1.165, 1.54) is 18.4 Å². The number of methoxy groups -OCH3 is 2. The van der Waals surface area contributed by atoms with E-state index in [-0.39, 0.29) is 24.8 Å². The van der Waals surface area contributed by atoms with E-state index in [1.807, 2.05) is 18.2 Å². The van der Waals surface area contributed by atoms with Gasteiger partial charge in [0, 0.05) is 17.7 Å². The average Bonchev–Trinajstić information content (AvgIpc) is 2.96. The molecule has 2 rings (SSSR count). The Morgan fingerprint density at radius 3 is 2.61 bits per heavy atom. The molecule has 1 aromatic heterocycles. The molecule has 0 saturated carbocycles. The van der Waals surface area contributed by atoms with Crippen molar-refractivity contribution in [2.24, 2.45) is 5.92 Å². The third-order valence-electron chi connectivity index (χ3n) is 3.67. The van der Waals surface area contributed by atoms with E-state index in [2.05, 4.69) is 4.74 Å². The van der Waals surface area contributed by atoms with E-state index in [1.54, 1.807) is 14.0 Å². The number of fused-ring (bicyclic) bond motifs is 1. The highest BCUT2D eigenvalue weighted by molar-refractivity contribution is 7.20. The number of carbonyl (C=O) groups is 2. The number of ether oxygens (including phenoxy) is 2. The average molecular weight is 336 g/mol. The van der Waals surface area contributed by atoms with Gasteiger partial charge in [-0.2, -0.15) is 0 Å². The molecule has 0 spiro atoms. The molecular formula is C17H20O5S. The maximum atomic E-state index is 12.3. The molecule has 23 heavy (non-hydrogen) atoms. The Bertz CT molecular complexity index is 719. The van der Waals surface area contributed by atoms with Gasteiger partial charge in [-0.3, -0.25) is 9.59 Å². The van der Waals surface area contributed by atoms with Gasteiger partial charge in [0.25, 0.3) is 0 Å². The molecule has 5 nitrogen and oxygen atoms in total. The van der Waals surface area contributed by atoms with Gasteiger partial charge in [-0.05, 0) is 35.6 Å². The topological polar surface area (TPSA) is 72.8 Å². The van der Waals surface area contributed by atoms with E-state index < -0.39 is 5.92 Å². The summed E-state index contributed by atoms with van der Waals surface area (Å²) in [6, 6.07) is 5.64. The SMILES string of the molecule is COC(=O)[C@@H](C)CC(=O)c1cc2cc(CCO)c(OC)cc2s1. The summed E-state index contributed by atoms with van der Waals surface area (Å²) in [4.78, 5) is 24.4. The van der Waals surface area contributed by atoms with Crippen LogP contribution in [0.4, 0.5) is 0 Å². The first-order valence-corrected chi connectivity index (χ1v) is 8.14. The van der Waals surface area contributed by atoms with Gasteiger partial charge in [-0.15, -0.1) is 11.3 Å². The van der Waals surface area contributed by atoms with Gasteiger partial charge >= 0.3 is 5.97 Å². The van der Waals surface area contributed by atoms with Crippen LogP contribution < -0.4 is 4.74 Å². The van der Waals surface area contributed by atoms with Crippen molar-refractivity contribution in [3.8, 4) is 5.75 Å². The Morgan fingerprint density at radius 1 is 1.26 bits per heavy atom. The standard InChI is InChI=1S/C17H20O5S/c1-10(17(20)22-3)6-13(19)16-8-12-7-11(4-5-18)14(21-2)9-15(12)23-16/h7-10,18H,4-6H2,1-3H3/t10-/m0/s1. The number of rotatable bonds is 7. The van der Waals surface area contributed by atoms with Gasteiger partial charge in [0.15, 0.2) is 5.78 Å². The van der Waals surface area contributed by atoms with Crippen LogP contribution in [0, 0.1) is 5.92 Å². The summed E-state index contributed by atoms with van der Waals surface area (Å²) in [5, 5.41) is 10.1. The van der Waals surface area contributed by atoms with Crippen molar-refractivity contribution in [2.45, 2.75) is 19.8 Å². The van der Waals surface area contributed by atoms with Crippen molar-refractivity contribution in [2.75, 3.05) is 20.8 Å². The van der Waals surface area contributed by atoms with Gasteiger partial charge in [0.1, 0.15) is 5.75 Å². The molecule has 0 aliphatic heterocycles. The van der Waals surface area contributed by atoms with Gasteiger partial charge in [0.2, 0.25) is 0 Å². The molecule has 0 fully saturated rings. The van der Waals surface area contributed by atoms with Gasteiger partial charge < -0.3 is 14.6 Å². The van der Waals surface area contributed by atoms with Crippen molar-refractivity contribution in [1.82, 2.24) is 0 Å². The van der Waals surface area contributed by atoms with E-state index in [4.69, 9.17) is 9.84 Å². The number of hydrogen-bond donors (Lipinski definition) is 1. The molecule has 0 bridgehead atoms. The molecular weight excluding hydrogens is 316 g/mol. The predicted octanol–water partition coefficient (Wildman–Crippen LogP) is 2.83. The molecule has 2 aromatic rings. The van der Waals surface area contributed by atoms with Crippen LogP contribution in [0.2, 0.25) is 0 Å². The summed E-state index contributed by atoms with van der Waals surface area (Å²) in [7, 11) is 2.90. The largest absolute Gasteiger partial charge is 0.496 e. The minimum Gasteiger partial charge on any atom is -0.496 e. The summed E-state index contributed by atoms with van der Waals surface area (Å²) in [6.07, 6.45) is 0.623. The van der Waals surface area contributed by atoms with Crippen LogP contribution in [-0.2, 0) is 16.0 Å². The normalized spacial score (nSPS) is 12.2. The van der Waals surface area contributed by atoms with E-state index in [0.29, 0.717) is 17.0 Å². The fourth-order valence-corrected chi connectivity index (χ4v) is 3.44. The maximum absolute atomic E-state index is 12.3. The molecule has 0 aliphatic rings. The summed E-state index contributed by atoms with van der Waals surface area (Å²) in [5.74, 6) is -0.217. The number of aliphatic hydroxyl groups excluding tert-OH is 1. The highest BCUT2D eigenvalue weighted by Crippen LogP contribution is 2.33. The summed E-state index contributed by atoms with van der Waals surface area (Å²) in [5.41, 5.74) is 0.905. The predicted molar refractivity (Wildman–Crippen MR) is 89.3 cm³/mol. The zero-order chi connectivity index (χ0) is 17.0. The molecule has 6 heteroatoms. The molecule has 0 aliphatic carbocycles. The highest BCUT2D eigenvalue weighted by Gasteiger charge is 2.20. The second-order valence-electron chi connectivity index (χ2n) is 5.34. The first-order valence-electron chi connectivity index (χ1n) is 7.32. The Balaban J connectivity index is 2.29. The number of esters is 1. The number of benzene rings is 1. The zero-order valence-electron chi connectivity index (χ0n) is 13.4. The smallest absolute Gasteiger partial charge is 0.308 e. The number of Topliss-reactive ketones (excluding diaryl/α,β-unsaturated/α-hetero) is 1. The van der Waals surface area contributed by atoms with Crippen LogP contribution in [0.5, 0.6) is 5.75 Å². The first-order chi connectivity index (χ1) is 11.0. The quantitative estimate of drug-likeness (QED) is 0.622. The van der Waals surface area contributed by atoms with Crippen LogP contribution in [0.1, 0.15) is 28.6 Å². The fraction of sp³-hybridized carbons (Fsp3) is 0.412. The van der Waals surface area contributed by atoms with Crippen LogP contribution in [0.3, 0.4) is 0 Å². The third-order valence-corrected chi connectivity index (χ3v) is 4.81. The number of thiophene rings is 1. The second kappa shape index (κ2) is 7.57. The molecule has 0 amide bonds. The second-order valence-corrected chi connectivity index (χ2v) is 6.42. The van der Waals surface area contributed by atoms with Crippen LogP contribution in [0.15, 0.2) is 18.2 Å². The number of hydrogen-bond acceptors (Lipinski definition) is 6. The maximum Gasteiger partial charge on any atom is 0.308 e. The lowest BCUT2D eigenvalue weighted by Crippen LogP contribution is -2.16. The van der Waals surface area contributed by atoms with Gasteiger partial charge in [-0.25, -0.2) is 0 Å². The summed E-state index contributed by atoms with van der Waals surface area (Å²) < 4.78 is 10.9. The van der Waals surface area contributed by atoms with Crippen LogP contribution in [0.25, 0.3) is 10.1 Å². The Labute approximate surface area is 138 Å². The fourth-order valence-electron chi connectivity index (χ4n) is 2.42. The third kappa shape index (κ3) is 3.89. The molecule has 1 heterocycles. The zero-order valence-corrected chi connectivity index (χ0v) is 14.2. The van der Waals surface area contributed by atoms with E-state index in [9.17, 15) is 9.59 Å². The molecule has 0 radical (unpaired) electrons. The Hall–Kier alpha value is -1.92. The highest BCUT2D eigenvalue weighted by atomic mass is 32.1. The van der Waals surface area contributed by atoms with Crippen molar-refractivity contribution < 1.29 is 24.2 Å². The van der Waals surface area contributed by atoms with Crippen molar-refractivity contribution in [1.29, 1.82) is 0 Å². The lowest BCUT2D eigenvalue weighted by Gasteiger charge is -2.07. The number of aliphatic hydroxyl groups is 1. The molecule has 1 aromatic carbocycles. The van der Waals surface area contributed by atoms with Crippen LogP contribution >= 0.6 is 11.3 Å². The number of carbonyl (C=O) groups excluding carboxylic acids is 2. The minimum absolute atomic E-state index is 0.0361. The van der Waals surface area contributed by atoms with Crippen molar-refractivity contribution >= 4 is 33.2 Å². The Morgan fingerprint density at radius 2 is 2.00 bits per heavy atom. The first kappa shape index (κ1) is 17.4. The molecule has 124 valence electrons. The van der Waals surface area contributed by atoms with E-state index >= 15 is 0 Å². The van der Waals surface area contributed by atoms with E-state index in [0.717, 1.165) is 15.6 Å². The lowest BCUT2D eigenvalue weighted by atomic mass is 10.0. The van der Waals surface area contributed by atoms with Crippen molar-refractivity contribution in [3.63, 3.8) is 0 Å². The summed E-state index contributed by atoms with van der Waals surface area (Å²) >= 11 is 1.38. The molecule has 1 N–H and O–H groups in total. The summed E-state index contributed by atoms with van der Waals surface area (Å²) in [6.45, 7) is 1.72. The molecule has 0 unspecified atom stereocenters. The van der Waals surface area contributed by atoms with Gasteiger partial charge in [-0.1, -0.05) is 6.92 Å². The Kier molecular flexibility index (Phi) is 5.74. The van der Waals surface area contributed by atoms with Gasteiger partial charge in [0.05, 0.1) is 25.0 Å². The molecule has 0 saturated heterocycles. The number of ketones is 1. The minimum atomic E-state index is -0.461. The lowest BCUT2D eigenvalue weighted by molar-refractivity contribution is -0.144. The van der Waals surface area contributed by atoms with Crippen LogP contribution in [-0.4, -0.2) is 37.7 Å². The monoisotopic (exact) mass is 336 g/mol.